The predicted octanol–water partition coefficient (Wildman–Crippen LogP) is 2.09. The van der Waals surface area contributed by atoms with Gasteiger partial charge in [0.1, 0.15) is 0 Å². The van der Waals surface area contributed by atoms with Crippen LogP contribution in [0.2, 0.25) is 5.02 Å². The van der Waals surface area contributed by atoms with E-state index in [1.807, 2.05) is 0 Å². The molecule has 0 amide bonds. The third-order valence-corrected chi connectivity index (χ3v) is 4.45. The number of hydrogen-bond donors (Lipinski definition) is 2. The molecule has 1 rings (SSSR count). The van der Waals surface area contributed by atoms with Crippen molar-refractivity contribution in [3.63, 3.8) is 0 Å². The van der Waals surface area contributed by atoms with Crippen molar-refractivity contribution in [3.8, 4) is 0 Å². The third-order valence-electron chi connectivity index (χ3n) is 2.43. The van der Waals surface area contributed by atoms with Gasteiger partial charge < -0.3 is 5.73 Å². The number of hydrogen-bond acceptors (Lipinski definition) is 3. The Kier molecular flexibility index (Phi) is 7.82. The molecule has 7 heteroatoms. The minimum atomic E-state index is -3.47. The maximum Gasteiger partial charge on any atom is 0.240 e. The number of sulfonamides is 1. The second-order valence-corrected chi connectivity index (χ2v) is 5.90. The van der Waals surface area contributed by atoms with Crippen LogP contribution in [0.3, 0.4) is 0 Å². The van der Waals surface area contributed by atoms with Crippen molar-refractivity contribution in [3.05, 3.63) is 28.8 Å². The first kappa shape index (κ1) is 17.7. The van der Waals surface area contributed by atoms with Crippen molar-refractivity contribution in [1.29, 1.82) is 0 Å². The summed E-state index contributed by atoms with van der Waals surface area (Å²) < 4.78 is 26.5. The first-order valence-electron chi connectivity index (χ1n) is 5.44. The number of nitrogens with two attached hydrogens (primary N) is 1. The lowest BCUT2D eigenvalue weighted by Crippen LogP contribution is -2.25. The number of nitrogens with one attached hydrogen (secondary N) is 1. The summed E-state index contributed by atoms with van der Waals surface area (Å²) in [6.45, 7) is 2.65. The Bertz CT molecular complexity index is 478. The van der Waals surface area contributed by atoms with Gasteiger partial charge in [-0.2, -0.15) is 0 Å². The van der Waals surface area contributed by atoms with Crippen molar-refractivity contribution >= 4 is 34.0 Å². The van der Waals surface area contributed by atoms with Crippen LogP contribution in [0.25, 0.3) is 0 Å². The Morgan fingerprint density at radius 1 is 1.33 bits per heavy atom. The SMILES string of the molecule is Cc1c(Cl)cccc1S(=O)(=O)NCCCCN.Cl. The highest BCUT2D eigenvalue weighted by Crippen LogP contribution is 2.22. The van der Waals surface area contributed by atoms with Crippen LogP contribution in [0.4, 0.5) is 0 Å². The Balaban J connectivity index is 0.00000289. The van der Waals surface area contributed by atoms with Crippen LogP contribution in [0.1, 0.15) is 18.4 Å². The summed E-state index contributed by atoms with van der Waals surface area (Å²) in [7, 11) is -3.47. The standard InChI is InChI=1S/C11H17ClN2O2S.ClH/c1-9-10(12)5-4-6-11(9)17(15,16)14-8-3-2-7-13;/h4-6,14H,2-3,7-8,13H2,1H3;1H. The molecule has 0 aliphatic carbocycles. The fourth-order valence-corrected chi connectivity index (χ4v) is 3.00. The topological polar surface area (TPSA) is 72.2 Å². The van der Waals surface area contributed by atoms with Gasteiger partial charge in [-0.1, -0.05) is 17.7 Å². The predicted molar refractivity (Wildman–Crippen MR) is 76.9 cm³/mol. The molecule has 0 saturated carbocycles. The van der Waals surface area contributed by atoms with Crippen LogP contribution in [0.15, 0.2) is 23.1 Å². The maximum atomic E-state index is 12.0. The largest absolute Gasteiger partial charge is 0.330 e. The summed E-state index contributed by atoms with van der Waals surface area (Å²) in [4.78, 5) is 0.234. The molecule has 0 radical (unpaired) electrons. The van der Waals surface area contributed by atoms with Crippen molar-refractivity contribution in [1.82, 2.24) is 4.72 Å². The van der Waals surface area contributed by atoms with Gasteiger partial charge in [0.2, 0.25) is 10.0 Å². The van der Waals surface area contributed by atoms with E-state index in [0.717, 1.165) is 12.8 Å². The van der Waals surface area contributed by atoms with E-state index in [4.69, 9.17) is 17.3 Å². The number of halogens is 2. The Morgan fingerprint density at radius 2 is 2.00 bits per heavy atom. The quantitative estimate of drug-likeness (QED) is 0.790. The molecule has 0 spiro atoms. The van der Waals surface area contributed by atoms with E-state index >= 15 is 0 Å². The summed E-state index contributed by atoms with van der Waals surface area (Å²) in [5, 5.41) is 0.454. The zero-order chi connectivity index (χ0) is 12.9. The van der Waals surface area contributed by atoms with Crippen molar-refractivity contribution < 1.29 is 8.42 Å². The zero-order valence-corrected chi connectivity index (χ0v) is 12.5. The Morgan fingerprint density at radius 3 is 2.61 bits per heavy atom. The second-order valence-electron chi connectivity index (χ2n) is 3.76. The molecule has 4 nitrogen and oxygen atoms in total. The molecule has 18 heavy (non-hydrogen) atoms. The molecule has 0 bridgehead atoms. The summed E-state index contributed by atoms with van der Waals surface area (Å²) in [5.41, 5.74) is 5.91. The minimum absolute atomic E-state index is 0. The first-order chi connectivity index (χ1) is 7.99. The van der Waals surface area contributed by atoms with Crippen LogP contribution < -0.4 is 10.5 Å². The van der Waals surface area contributed by atoms with Gasteiger partial charge in [0.05, 0.1) is 4.90 Å². The molecule has 104 valence electrons. The molecule has 0 heterocycles. The normalized spacial score (nSPS) is 11.1. The average Bonchev–Trinajstić information content (AvgIpc) is 2.28. The summed E-state index contributed by atoms with van der Waals surface area (Å²) in [5.74, 6) is 0. The lowest BCUT2D eigenvalue weighted by molar-refractivity contribution is 0.576. The van der Waals surface area contributed by atoms with Crippen molar-refractivity contribution in [2.45, 2.75) is 24.7 Å². The van der Waals surface area contributed by atoms with Gasteiger partial charge >= 0.3 is 0 Å². The lowest BCUT2D eigenvalue weighted by atomic mass is 10.2. The van der Waals surface area contributed by atoms with Crippen LogP contribution in [-0.4, -0.2) is 21.5 Å². The lowest BCUT2D eigenvalue weighted by Gasteiger charge is -2.09. The van der Waals surface area contributed by atoms with E-state index in [9.17, 15) is 8.42 Å². The molecule has 0 fully saturated rings. The van der Waals surface area contributed by atoms with Gasteiger partial charge in [-0.25, -0.2) is 13.1 Å². The van der Waals surface area contributed by atoms with Crippen LogP contribution >= 0.6 is 24.0 Å². The fraction of sp³-hybridized carbons (Fsp3) is 0.455. The highest BCUT2D eigenvalue weighted by molar-refractivity contribution is 7.89. The van der Waals surface area contributed by atoms with E-state index < -0.39 is 10.0 Å². The third kappa shape index (κ3) is 4.74. The molecular weight excluding hydrogens is 295 g/mol. The summed E-state index contributed by atoms with van der Waals surface area (Å²) in [6, 6.07) is 4.85. The van der Waals surface area contributed by atoms with Gasteiger partial charge in [-0.05, 0) is 44.0 Å². The van der Waals surface area contributed by atoms with Gasteiger partial charge in [-0.15, -0.1) is 12.4 Å². The number of benzene rings is 1. The van der Waals surface area contributed by atoms with E-state index in [0.29, 0.717) is 23.7 Å². The molecule has 0 aliphatic heterocycles. The average molecular weight is 313 g/mol. The Hall–Kier alpha value is -0.330. The minimum Gasteiger partial charge on any atom is -0.330 e. The molecule has 0 atom stereocenters. The monoisotopic (exact) mass is 312 g/mol. The smallest absolute Gasteiger partial charge is 0.240 e. The molecule has 1 aromatic rings. The van der Waals surface area contributed by atoms with Crippen LogP contribution in [0.5, 0.6) is 0 Å². The van der Waals surface area contributed by atoms with Gasteiger partial charge in [-0.3, -0.25) is 0 Å². The van der Waals surface area contributed by atoms with Gasteiger partial charge in [0, 0.05) is 11.6 Å². The molecule has 0 unspecified atom stereocenters. The summed E-state index contributed by atoms with van der Waals surface area (Å²) in [6.07, 6.45) is 1.53. The molecule has 0 aromatic heterocycles. The highest BCUT2D eigenvalue weighted by Gasteiger charge is 2.16. The van der Waals surface area contributed by atoms with E-state index in [1.165, 1.54) is 0 Å². The highest BCUT2D eigenvalue weighted by atomic mass is 35.5. The molecular formula is C11H18Cl2N2O2S. The first-order valence-corrected chi connectivity index (χ1v) is 7.30. The van der Waals surface area contributed by atoms with E-state index in [2.05, 4.69) is 4.72 Å². The van der Waals surface area contributed by atoms with E-state index in [1.54, 1.807) is 25.1 Å². The molecule has 0 saturated heterocycles. The summed E-state index contributed by atoms with van der Waals surface area (Å²) >= 11 is 5.89. The van der Waals surface area contributed by atoms with Crippen molar-refractivity contribution in [2.75, 3.05) is 13.1 Å². The van der Waals surface area contributed by atoms with Crippen molar-refractivity contribution in [2.24, 2.45) is 5.73 Å². The second kappa shape index (κ2) is 7.96. The molecule has 1 aromatic carbocycles. The molecule has 3 N–H and O–H groups in total. The van der Waals surface area contributed by atoms with Crippen LogP contribution in [0, 0.1) is 6.92 Å². The Labute approximate surface area is 119 Å². The van der Waals surface area contributed by atoms with Gasteiger partial charge in [0.15, 0.2) is 0 Å². The number of unbranched alkanes of at least 4 members (excludes halogenated alkanes) is 1. The zero-order valence-electron chi connectivity index (χ0n) is 10.1. The van der Waals surface area contributed by atoms with E-state index in [-0.39, 0.29) is 17.3 Å². The number of rotatable bonds is 6. The van der Waals surface area contributed by atoms with Gasteiger partial charge in [0.25, 0.3) is 0 Å². The fourth-order valence-electron chi connectivity index (χ4n) is 1.43. The maximum absolute atomic E-state index is 12.0. The van der Waals surface area contributed by atoms with Crippen LogP contribution in [-0.2, 0) is 10.0 Å². The molecule has 0 aliphatic rings.